The Morgan fingerprint density at radius 2 is 1.78 bits per heavy atom. The highest BCUT2D eigenvalue weighted by Gasteiger charge is 2.17. The van der Waals surface area contributed by atoms with Gasteiger partial charge < -0.3 is 15.8 Å². The highest BCUT2D eigenvalue weighted by atomic mass is 35.5. The molecular weight excluding hydrogens is 312 g/mol. The number of nitrogens with two attached hydrogens (primary N) is 1. The number of amides is 1. The zero-order valence-electron chi connectivity index (χ0n) is 13.2. The number of hydrogen-bond acceptors (Lipinski definition) is 3. The van der Waals surface area contributed by atoms with Crippen LogP contribution in [0.4, 0.5) is 0 Å². The first kappa shape index (κ1) is 19.0. The quantitative estimate of drug-likeness (QED) is 0.817. The molecule has 4 nitrogen and oxygen atoms in total. The van der Waals surface area contributed by atoms with Crippen molar-refractivity contribution in [3.63, 3.8) is 0 Å². The van der Waals surface area contributed by atoms with E-state index in [1.54, 1.807) is 7.11 Å². The molecule has 0 radical (unpaired) electrons. The van der Waals surface area contributed by atoms with Gasteiger partial charge >= 0.3 is 0 Å². The summed E-state index contributed by atoms with van der Waals surface area (Å²) in [5.74, 6) is 0.513. The summed E-state index contributed by atoms with van der Waals surface area (Å²) in [6, 6.07) is 17.5. The molecule has 0 spiro atoms. The third-order valence-corrected chi connectivity index (χ3v) is 3.63. The van der Waals surface area contributed by atoms with Crippen molar-refractivity contribution >= 4 is 18.3 Å². The molecule has 0 aliphatic carbocycles. The van der Waals surface area contributed by atoms with Crippen LogP contribution in [-0.2, 0) is 11.2 Å². The van der Waals surface area contributed by atoms with E-state index in [0.717, 1.165) is 23.3 Å². The molecule has 0 saturated carbocycles. The fourth-order valence-electron chi connectivity index (χ4n) is 2.33. The lowest BCUT2D eigenvalue weighted by Crippen LogP contribution is -2.34. The number of halogens is 1. The average molecular weight is 335 g/mol. The van der Waals surface area contributed by atoms with E-state index in [-0.39, 0.29) is 24.2 Å². The molecule has 0 fully saturated rings. The minimum atomic E-state index is -0.294. The fraction of sp³-hybridized carbons (Fsp3) is 0.278. The maximum absolute atomic E-state index is 12.3. The van der Waals surface area contributed by atoms with Gasteiger partial charge in [0.2, 0.25) is 5.91 Å². The van der Waals surface area contributed by atoms with Crippen molar-refractivity contribution in [2.45, 2.75) is 12.3 Å². The summed E-state index contributed by atoms with van der Waals surface area (Å²) in [5.41, 5.74) is 7.85. The molecule has 0 saturated heterocycles. The first-order valence-electron chi connectivity index (χ1n) is 7.40. The molecule has 1 amide bonds. The third-order valence-electron chi connectivity index (χ3n) is 3.63. The van der Waals surface area contributed by atoms with Crippen LogP contribution in [0.2, 0.25) is 0 Å². The standard InChI is InChI=1S/C18H22N2O2.ClH/c1-22-16-9-7-14(8-10-16)11-12-20-18(21)17(13-19)15-5-3-2-4-6-15;/h2-10,17H,11-13,19H2,1H3,(H,20,21);1H. The van der Waals surface area contributed by atoms with Gasteiger partial charge in [0.1, 0.15) is 5.75 Å². The molecule has 0 bridgehead atoms. The molecule has 1 unspecified atom stereocenters. The molecule has 1 atom stereocenters. The lowest BCUT2D eigenvalue weighted by molar-refractivity contribution is -0.122. The Hall–Kier alpha value is -2.04. The van der Waals surface area contributed by atoms with E-state index in [2.05, 4.69) is 5.32 Å². The summed E-state index contributed by atoms with van der Waals surface area (Å²) < 4.78 is 5.12. The second kappa shape index (κ2) is 9.87. The van der Waals surface area contributed by atoms with Crippen LogP contribution in [-0.4, -0.2) is 26.1 Å². The summed E-state index contributed by atoms with van der Waals surface area (Å²) in [5, 5.41) is 2.96. The van der Waals surface area contributed by atoms with Gasteiger partial charge in [-0.3, -0.25) is 4.79 Å². The van der Waals surface area contributed by atoms with E-state index in [1.807, 2.05) is 54.6 Å². The molecule has 0 aliphatic heterocycles. The van der Waals surface area contributed by atoms with Crippen molar-refractivity contribution in [3.8, 4) is 5.75 Å². The molecule has 0 heterocycles. The summed E-state index contributed by atoms with van der Waals surface area (Å²) in [6.07, 6.45) is 0.780. The first-order valence-corrected chi connectivity index (χ1v) is 7.40. The van der Waals surface area contributed by atoms with Gasteiger partial charge in [0.05, 0.1) is 13.0 Å². The molecule has 2 aromatic carbocycles. The summed E-state index contributed by atoms with van der Waals surface area (Å²) in [6.45, 7) is 0.896. The minimum absolute atomic E-state index is 0. The highest BCUT2D eigenvalue weighted by molar-refractivity contribution is 5.85. The number of benzene rings is 2. The second-order valence-electron chi connectivity index (χ2n) is 5.09. The van der Waals surface area contributed by atoms with Crippen molar-refractivity contribution in [3.05, 3.63) is 65.7 Å². The van der Waals surface area contributed by atoms with Gasteiger partial charge in [0.25, 0.3) is 0 Å². The normalized spacial score (nSPS) is 11.2. The van der Waals surface area contributed by atoms with Crippen LogP contribution in [0.3, 0.4) is 0 Å². The topological polar surface area (TPSA) is 64.3 Å². The van der Waals surface area contributed by atoms with Crippen LogP contribution >= 0.6 is 12.4 Å². The largest absolute Gasteiger partial charge is 0.497 e. The summed E-state index contributed by atoms with van der Waals surface area (Å²) >= 11 is 0. The minimum Gasteiger partial charge on any atom is -0.497 e. The number of hydrogen-bond donors (Lipinski definition) is 2. The number of nitrogens with one attached hydrogen (secondary N) is 1. The molecule has 0 aromatic heterocycles. The van der Waals surface area contributed by atoms with Gasteiger partial charge in [0.15, 0.2) is 0 Å². The van der Waals surface area contributed by atoms with Gasteiger partial charge in [-0.25, -0.2) is 0 Å². The number of ether oxygens (including phenoxy) is 1. The molecular formula is C18H23ClN2O2. The molecule has 0 aliphatic rings. The Morgan fingerprint density at radius 3 is 2.35 bits per heavy atom. The number of carbonyl (C=O) groups is 1. The molecule has 23 heavy (non-hydrogen) atoms. The summed E-state index contributed by atoms with van der Waals surface area (Å²) in [4.78, 5) is 12.3. The van der Waals surface area contributed by atoms with Crippen LogP contribution < -0.4 is 15.8 Å². The fourth-order valence-corrected chi connectivity index (χ4v) is 2.33. The van der Waals surface area contributed by atoms with E-state index < -0.39 is 0 Å². The lowest BCUT2D eigenvalue weighted by atomic mass is 9.98. The smallest absolute Gasteiger partial charge is 0.228 e. The molecule has 124 valence electrons. The second-order valence-corrected chi connectivity index (χ2v) is 5.09. The van der Waals surface area contributed by atoms with Gasteiger partial charge in [-0.15, -0.1) is 12.4 Å². The van der Waals surface area contributed by atoms with Crippen LogP contribution in [0.15, 0.2) is 54.6 Å². The zero-order chi connectivity index (χ0) is 15.8. The van der Waals surface area contributed by atoms with E-state index >= 15 is 0 Å². The number of carbonyl (C=O) groups excluding carboxylic acids is 1. The van der Waals surface area contributed by atoms with Gasteiger partial charge in [0, 0.05) is 13.1 Å². The maximum Gasteiger partial charge on any atom is 0.228 e. The van der Waals surface area contributed by atoms with Gasteiger partial charge in [-0.2, -0.15) is 0 Å². The highest BCUT2D eigenvalue weighted by Crippen LogP contribution is 2.14. The SMILES string of the molecule is COc1ccc(CCNC(=O)C(CN)c2ccccc2)cc1.Cl. The zero-order valence-corrected chi connectivity index (χ0v) is 14.0. The number of methoxy groups -OCH3 is 1. The van der Waals surface area contributed by atoms with Crippen molar-refractivity contribution < 1.29 is 9.53 Å². The Labute approximate surface area is 143 Å². The lowest BCUT2D eigenvalue weighted by Gasteiger charge is -2.15. The van der Waals surface area contributed by atoms with Gasteiger partial charge in [-0.1, -0.05) is 42.5 Å². The Balaban J connectivity index is 0.00000264. The van der Waals surface area contributed by atoms with E-state index in [9.17, 15) is 4.79 Å². The Bertz CT molecular complexity index is 588. The van der Waals surface area contributed by atoms with E-state index in [4.69, 9.17) is 10.5 Å². The third kappa shape index (κ3) is 5.58. The van der Waals surface area contributed by atoms with Crippen molar-refractivity contribution in [1.82, 2.24) is 5.32 Å². The summed E-state index contributed by atoms with van der Waals surface area (Å²) in [7, 11) is 1.64. The van der Waals surface area contributed by atoms with E-state index in [1.165, 1.54) is 0 Å². The van der Waals surface area contributed by atoms with Crippen molar-refractivity contribution in [1.29, 1.82) is 0 Å². The molecule has 3 N–H and O–H groups in total. The van der Waals surface area contributed by atoms with E-state index in [0.29, 0.717) is 13.1 Å². The molecule has 2 aromatic rings. The van der Waals surface area contributed by atoms with Gasteiger partial charge in [-0.05, 0) is 29.7 Å². The van der Waals surface area contributed by atoms with Crippen LogP contribution in [0.5, 0.6) is 5.75 Å². The predicted octanol–water partition coefficient (Wildman–Crippen LogP) is 2.52. The van der Waals surface area contributed by atoms with Crippen molar-refractivity contribution in [2.24, 2.45) is 5.73 Å². The Morgan fingerprint density at radius 1 is 1.13 bits per heavy atom. The molecule has 5 heteroatoms. The number of rotatable bonds is 7. The maximum atomic E-state index is 12.3. The molecule has 2 rings (SSSR count). The predicted molar refractivity (Wildman–Crippen MR) is 95.2 cm³/mol. The van der Waals surface area contributed by atoms with Crippen LogP contribution in [0.1, 0.15) is 17.0 Å². The van der Waals surface area contributed by atoms with Crippen LogP contribution in [0.25, 0.3) is 0 Å². The first-order chi connectivity index (χ1) is 10.7. The average Bonchev–Trinajstić information content (AvgIpc) is 2.57. The van der Waals surface area contributed by atoms with Crippen molar-refractivity contribution in [2.75, 3.05) is 20.2 Å². The van der Waals surface area contributed by atoms with Crippen LogP contribution in [0, 0.1) is 0 Å². The monoisotopic (exact) mass is 334 g/mol. The Kier molecular flexibility index (Phi) is 8.16.